The Kier molecular flexibility index (Phi) is 9.96. The van der Waals surface area contributed by atoms with Crippen LogP contribution in [0.3, 0.4) is 0 Å². The molecule has 0 aliphatic rings. The van der Waals surface area contributed by atoms with Crippen LogP contribution in [-0.4, -0.2) is 22.5 Å². The quantitative estimate of drug-likeness (QED) is 0.460. The van der Waals surface area contributed by atoms with Gasteiger partial charge in [-0.2, -0.15) is 0 Å². The molecule has 0 rings (SSSR count). The summed E-state index contributed by atoms with van der Waals surface area (Å²) in [4.78, 5) is 16.9. The van der Waals surface area contributed by atoms with Gasteiger partial charge in [0.05, 0.1) is 0 Å². The third-order valence-corrected chi connectivity index (χ3v) is 2.30. The molecule has 4 nitrogen and oxygen atoms in total. The summed E-state index contributed by atoms with van der Waals surface area (Å²) in [6, 6.07) is 0. The van der Waals surface area contributed by atoms with Gasteiger partial charge in [-0.15, -0.1) is 12.4 Å². The molecule has 0 saturated carbocycles. The highest BCUT2D eigenvalue weighted by Crippen LogP contribution is 2.35. The van der Waals surface area contributed by atoms with E-state index in [0.717, 1.165) is 19.3 Å². The first-order valence-corrected chi connectivity index (χ1v) is 5.60. The van der Waals surface area contributed by atoms with Crippen LogP contribution in [0.4, 0.5) is 0 Å². The average molecular weight is 218 g/mol. The molecule has 0 atom stereocenters. The lowest BCUT2D eigenvalue weighted by molar-refractivity contribution is 0.370. The molecule has 76 valence electrons. The van der Waals surface area contributed by atoms with Crippen LogP contribution in [0.5, 0.6) is 0 Å². The van der Waals surface area contributed by atoms with Gasteiger partial charge in [-0.1, -0.05) is 12.8 Å². The molecule has 0 unspecified atom stereocenters. The van der Waals surface area contributed by atoms with Crippen molar-refractivity contribution in [3.05, 3.63) is 0 Å². The third kappa shape index (κ3) is 13.0. The van der Waals surface area contributed by atoms with Crippen LogP contribution in [-0.2, 0) is 4.57 Å². The summed E-state index contributed by atoms with van der Waals surface area (Å²) in [6.45, 7) is 0.663. The van der Waals surface area contributed by atoms with Crippen molar-refractivity contribution in [2.75, 3.05) is 12.7 Å². The van der Waals surface area contributed by atoms with Crippen LogP contribution in [0.1, 0.15) is 25.7 Å². The first-order chi connectivity index (χ1) is 5.06. The monoisotopic (exact) mass is 217 g/mol. The standard InChI is InChI=1S/C6H16NO3P.ClH/c7-5-3-1-2-4-6-11(8,9)10;/h1-7H2,(H2,8,9,10);1H. The van der Waals surface area contributed by atoms with E-state index in [2.05, 4.69) is 0 Å². The summed E-state index contributed by atoms with van der Waals surface area (Å²) in [5.41, 5.74) is 5.24. The fourth-order valence-corrected chi connectivity index (χ4v) is 1.45. The zero-order chi connectivity index (χ0) is 8.74. The molecule has 4 N–H and O–H groups in total. The van der Waals surface area contributed by atoms with Gasteiger partial charge in [0.15, 0.2) is 0 Å². The lowest BCUT2D eigenvalue weighted by atomic mass is 10.2. The number of halogens is 1. The lowest BCUT2D eigenvalue weighted by Gasteiger charge is -2.02. The average Bonchev–Trinajstić information content (AvgIpc) is 1.85. The second-order valence-corrected chi connectivity index (χ2v) is 4.37. The molecule has 0 bridgehead atoms. The Balaban J connectivity index is 0. The molecule has 12 heavy (non-hydrogen) atoms. The molecule has 0 aromatic heterocycles. The molecule has 0 aliphatic heterocycles. The maximum absolute atomic E-state index is 10.3. The van der Waals surface area contributed by atoms with Crippen molar-refractivity contribution in [1.82, 2.24) is 0 Å². The van der Waals surface area contributed by atoms with Gasteiger partial charge in [0.25, 0.3) is 0 Å². The van der Waals surface area contributed by atoms with Crippen LogP contribution in [0, 0.1) is 0 Å². The number of rotatable bonds is 6. The molecule has 0 aromatic carbocycles. The topological polar surface area (TPSA) is 83.6 Å². The van der Waals surface area contributed by atoms with E-state index in [1.807, 2.05) is 0 Å². The van der Waals surface area contributed by atoms with Crippen molar-refractivity contribution < 1.29 is 14.4 Å². The van der Waals surface area contributed by atoms with Gasteiger partial charge < -0.3 is 15.5 Å². The molecule has 0 amide bonds. The van der Waals surface area contributed by atoms with Crippen molar-refractivity contribution in [1.29, 1.82) is 0 Å². The van der Waals surface area contributed by atoms with Crippen LogP contribution in [0.25, 0.3) is 0 Å². The summed E-state index contributed by atoms with van der Waals surface area (Å²) in [6.07, 6.45) is 3.39. The molecule has 6 heteroatoms. The van der Waals surface area contributed by atoms with Crippen molar-refractivity contribution >= 4 is 20.0 Å². The van der Waals surface area contributed by atoms with Crippen LogP contribution < -0.4 is 5.73 Å². The Morgan fingerprint density at radius 1 is 1.08 bits per heavy atom. The Morgan fingerprint density at radius 3 is 2.00 bits per heavy atom. The van der Waals surface area contributed by atoms with Crippen molar-refractivity contribution in [2.45, 2.75) is 25.7 Å². The van der Waals surface area contributed by atoms with Gasteiger partial charge in [-0.25, -0.2) is 0 Å². The largest absolute Gasteiger partial charge is 0.330 e. The summed E-state index contributed by atoms with van der Waals surface area (Å²) >= 11 is 0. The zero-order valence-electron chi connectivity index (χ0n) is 6.98. The first kappa shape index (κ1) is 14.9. The molecule has 0 aromatic rings. The fourth-order valence-electron chi connectivity index (χ4n) is 0.816. The second kappa shape index (κ2) is 8.02. The summed E-state index contributed by atoms with van der Waals surface area (Å²) in [7, 11) is -3.75. The highest BCUT2D eigenvalue weighted by Gasteiger charge is 2.10. The summed E-state index contributed by atoms with van der Waals surface area (Å²) in [5.74, 6) is 0. The van der Waals surface area contributed by atoms with Gasteiger partial charge in [0, 0.05) is 6.16 Å². The minimum atomic E-state index is -3.75. The van der Waals surface area contributed by atoms with Gasteiger partial charge >= 0.3 is 7.60 Å². The predicted octanol–water partition coefficient (Wildman–Crippen LogP) is 1.10. The molecule has 0 heterocycles. The predicted molar refractivity (Wildman–Crippen MR) is 51.7 cm³/mol. The number of unbranched alkanes of at least 4 members (excludes halogenated alkanes) is 3. The van der Waals surface area contributed by atoms with E-state index in [4.69, 9.17) is 15.5 Å². The second-order valence-electron chi connectivity index (χ2n) is 2.59. The van der Waals surface area contributed by atoms with E-state index < -0.39 is 7.60 Å². The Morgan fingerprint density at radius 2 is 1.58 bits per heavy atom. The third-order valence-electron chi connectivity index (χ3n) is 1.40. The molecule has 0 spiro atoms. The summed E-state index contributed by atoms with van der Waals surface area (Å²) < 4.78 is 10.3. The van der Waals surface area contributed by atoms with Gasteiger partial charge in [0.1, 0.15) is 0 Å². The van der Waals surface area contributed by atoms with Gasteiger partial charge in [-0.05, 0) is 19.4 Å². The molecule has 0 saturated heterocycles. The highest BCUT2D eigenvalue weighted by molar-refractivity contribution is 7.51. The maximum atomic E-state index is 10.3. The van der Waals surface area contributed by atoms with Crippen LogP contribution in [0.15, 0.2) is 0 Å². The Bertz CT molecular complexity index is 139. The first-order valence-electron chi connectivity index (χ1n) is 3.81. The van der Waals surface area contributed by atoms with Crippen molar-refractivity contribution in [3.63, 3.8) is 0 Å². The van der Waals surface area contributed by atoms with E-state index in [1.54, 1.807) is 0 Å². The highest BCUT2D eigenvalue weighted by atomic mass is 35.5. The Labute approximate surface area is 79.1 Å². The van der Waals surface area contributed by atoms with Crippen molar-refractivity contribution in [3.8, 4) is 0 Å². The molecule has 0 radical (unpaired) electrons. The smallest absolute Gasteiger partial charge is 0.325 e. The SMILES string of the molecule is Cl.NCCCCCCP(=O)(O)O. The van der Waals surface area contributed by atoms with E-state index >= 15 is 0 Å². The molecule has 0 aliphatic carbocycles. The number of hydrogen-bond donors (Lipinski definition) is 3. The fraction of sp³-hybridized carbons (Fsp3) is 1.00. The maximum Gasteiger partial charge on any atom is 0.325 e. The molecular weight excluding hydrogens is 200 g/mol. The van der Waals surface area contributed by atoms with Crippen molar-refractivity contribution in [2.24, 2.45) is 5.73 Å². The van der Waals surface area contributed by atoms with E-state index in [-0.39, 0.29) is 18.6 Å². The minimum absolute atomic E-state index is 0. The minimum Gasteiger partial charge on any atom is -0.330 e. The number of nitrogens with two attached hydrogens (primary N) is 1. The lowest BCUT2D eigenvalue weighted by Crippen LogP contribution is -1.98. The molecular formula is C6H17ClNO3P. The molecule has 0 fully saturated rings. The van der Waals surface area contributed by atoms with Crippen LogP contribution in [0.2, 0.25) is 0 Å². The van der Waals surface area contributed by atoms with E-state index in [9.17, 15) is 4.57 Å². The van der Waals surface area contributed by atoms with Crippen LogP contribution >= 0.6 is 20.0 Å². The van der Waals surface area contributed by atoms with E-state index in [0.29, 0.717) is 13.0 Å². The van der Waals surface area contributed by atoms with Gasteiger partial charge in [0.2, 0.25) is 0 Å². The van der Waals surface area contributed by atoms with E-state index in [1.165, 1.54) is 0 Å². The Hall–Kier alpha value is 0.400. The normalized spacial score (nSPS) is 10.9. The number of hydrogen-bond acceptors (Lipinski definition) is 2. The summed E-state index contributed by atoms with van der Waals surface area (Å²) in [5, 5.41) is 0. The zero-order valence-corrected chi connectivity index (χ0v) is 8.69. The van der Waals surface area contributed by atoms with Gasteiger partial charge in [-0.3, -0.25) is 4.57 Å².